The molecule has 0 aliphatic carbocycles. The summed E-state index contributed by atoms with van der Waals surface area (Å²) in [6.07, 6.45) is 0. The van der Waals surface area contributed by atoms with Gasteiger partial charge in [-0.1, -0.05) is 30.0 Å². The number of hydrogen-bond donors (Lipinski definition) is 3. The number of nitrogens with one attached hydrogen (secondary N) is 3. The number of nitrogens with zero attached hydrogens (tertiary/aromatic N) is 1. The van der Waals surface area contributed by atoms with Gasteiger partial charge in [0.1, 0.15) is 5.75 Å². The van der Waals surface area contributed by atoms with Gasteiger partial charge in [0.2, 0.25) is 5.91 Å². The number of carbonyl (C=O) groups is 2. The van der Waals surface area contributed by atoms with Crippen LogP contribution in [0.3, 0.4) is 0 Å². The van der Waals surface area contributed by atoms with Crippen LogP contribution in [0.4, 0.5) is 11.4 Å². The predicted octanol–water partition coefficient (Wildman–Crippen LogP) is 4.55. The van der Waals surface area contributed by atoms with Crippen molar-refractivity contribution in [2.24, 2.45) is 0 Å². The highest BCUT2D eigenvalue weighted by Crippen LogP contribution is 2.20. The van der Waals surface area contributed by atoms with Gasteiger partial charge in [-0.2, -0.15) is 0 Å². The Morgan fingerprint density at radius 1 is 0.968 bits per heavy atom. The normalized spacial score (nSPS) is 10.6. The van der Waals surface area contributed by atoms with E-state index in [1.54, 1.807) is 55.6 Å². The fraction of sp³-hybridized carbons (Fsp3) is 0.0870. The van der Waals surface area contributed by atoms with E-state index in [0.717, 1.165) is 11.0 Å². The molecule has 0 bridgehead atoms. The number of anilines is 2. The van der Waals surface area contributed by atoms with Gasteiger partial charge in [-0.25, -0.2) is 4.98 Å². The van der Waals surface area contributed by atoms with Gasteiger partial charge in [0.25, 0.3) is 5.91 Å². The zero-order chi connectivity index (χ0) is 21.6. The van der Waals surface area contributed by atoms with Crippen LogP contribution in [-0.2, 0) is 4.79 Å². The summed E-state index contributed by atoms with van der Waals surface area (Å²) in [6.45, 7) is 0. The van der Waals surface area contributed by atoms with Gasteiger partial charge in [0.15, 0.2) is 5.16 Å². The van der Waals surface area contributed by atoms with Crippen LogP contribution < -0.4 is 15.4 Å². The molecule has 4 aromatic rings. The van der Waals surface area contributed by atoms with Crippen molar-refractivity contribution in [2.75, 3.05) is 23.5 Å². The quantitative estimate of drug-likeness (QED) is 0.372. The lowest BCUT2D eigenvalue weighted by molar-refractivity contribution is -0.113. The molecule has 156 valence electrons. The molecule has 31 heavy (non-hydrogen) atoms. The molecule has 0 saturated carbocycles. The van der Waals surface area contributed by atoms with E-state index in [2.05, 4.69) is 20.6 Å². The van der Waals surface area contributed by atoms with Crippen molar-refractivity contribution in [1.82, 2.24) is 9.97 Å². The Labute approximate surface area is 183 Å². The second-order valence-electron chi connectivity index (χ2n) is 6.66. The average molecular weight is 433 g/mol. The number of hydrogen-bond acceptors (Lipinski definition) is 5. The van der Waals surface area contributed by atoms with Gasteiger partial charge in [0.05, 0.1) is 23.9 Å². The first-order valence-corrected chi connectivity index (χ1v) is 10.5. The standard InChI is InChI=1S/C23H20N4O3S/c1-30-18-11-9-16(10-12-18)25-22(29)15-5-4-6-17(13-15)24-21(28)14-31-23-26-19-7-2-3-8-20(19)27-23/h2-13H,14H2,1H3,(H,24,28)(H,25,29)(H,26,27). The molecule has 3 N–H and O–H groups in total. The molecule has 8 heteroatoms. The summed E-state index contributed by atoms with van der Waals surface area (Å²) in [4.78, 5) is 32.5. The number of amides is 2. The number of ether oxygens (including phenoxy) is 1. The number of H-pyrrole nitrogens is 1. The van der Waals surface area contributed by atoms with Crippen LogP contribution in [0.25, 0.3) is 11.0 Å². The third-order valence-corrected chi connectivity index (χ3v) is 5.34. The van der Waals surface area contributed by atoms with Crippen LogP contribution in [-0.4, -0.2) is 34.6 Å². The Morgan fingerprint density at radius 3 is 2.55 bits per heavy atom. The molecule has 0 unspecified atom stereocenters. The van der Waals surface area contributed by atoms with Crippen LogP contribution in [0.15, 0.2) is 78.0 Å². The molecule has 0 aliphatic heterocycles. The van der Waals surface area contributed by atoms with Gasteiger partial charge < -0.3 is 20.4 Å². The van der Waals surface area contributed by atoms with Crippen molar-refractivity contribution in [3.63, 3.8) is 0 Å². The van der Waals surface area contributed by atoms with E-state index >= 15 is 0 Å². The lowest BCUT2D eigenvalue weighted by Crippen LogP contribution is -2.16. The molecule has 1 aromatic heterocycles. The number of rotatable bonds is 7. The smallest absolute Gasteiger partial charge is 0.255 e. The van der Waals surface area contributed by atoms with E-state index in [1.165, 1.54) is 11.8 Å². The van der Waals surface area contributed by atoms with E-state index < -0.39 is 0 Å². The zero-order valence-corrected chi connectivity index (χ0v) is 17.5. The Balaban J connectivity index is 1.34. The number of aromatic nitrogens is 2. The molecule has 1 heterocycles. The number of imidazole rings is 1. The first kappa shape index (κ1) is 20.5. The first-order valence-electron chi connectivity index (χ1n) is 9.53. The summed E-state index contributed by atoms with van der Waals surface area (Å²) < 4.78 is 5.11. The number of benzene rings is 3. The summed E-state index contributed by atoms with van der Waals surface area (Å²) in [5, 5.41) is 6.33. The lowest BCUT2D eigenvalue weighted by Gasteiger charge is -2.09. The van der Waals surface area contributed by atoms with Gasteiger partial charge in [-0.05, 0) is 54.6 Å². The van der Waals surface area contributed by atoms with E-state index in [-0.39, 0.29) is 17.6 Å². The molecule has 3 aromatic carbocycles. The largest absolute Gasteiger partial charge is 0.497 e. The third-order valence-electron chi connectivity index (χ3n) is 4.46. The summed E-state index contributed by atoms with van der Waals surface area (Å²) in [7, 11) is 1.59. The maximum atomic E-state index is 12.5. The highest BCUT2D eigenvalue weighted by Gasteiger charge is 2.10. The van der Waals surface area contributed by atoms with E-state index in [9.17, 15) is 9.59 Å². The summed E-state index contributed by atoms with van der Waals surface area (Å²) >= 11 is 1.32. The molecular formula is C23H20N4O3S. The Bertz CT molecular complexity index is 1190. The van der Waals surface area contributed by atoms with Crippen LogP contribution in [0.5, 0.6) is 5.75 Å². The van der Waals surface area contributed by atoms with E-state index in [0.29, 0.717) is 27.8 Å². The van der Waals surface area contributed by atoms with Crippen molar-refractivity contribution in [1.29, 1.82) is 0 Å². The van der Waals surface area contributed by atoms with E-state index in [1.807, 2.05) is 24.3 Å². The molecule has 2 amide bonds. The molecule has 0 saturated heterocycles. The van der Waals surface area contributed by atoms with Crippen molar-refractivity contribution < 1.29 is 14.3 Å². The lowest BCUT2D eigenvalue weighted by atomic mass is 10.2. The second-order valence-corrected chi connectivity index (χ2v) is 7.62. The zero-order valence-electron chi connectivity index (χ0n) is 16.7. The molecule has 7 nitrogen and oxygen atoms in total. The van der Waals surface area contributed by atoms with Gasteiger partial charge in [0, 0.05) is 16.9 Å². The monoisotopic (exact) mass is 432 g/mol. The van der Waals surface area contributed by atoms with Crippen molar-refractivity contribution in [2.45, 2.75) is 5.16 Å². The summed E-state index contributed by atoms with van der Waals surface area (Å²) in [5.74, 6) is 0.460. The SMILES string of the molecule is COc1ccc(NC(=O)c2cccc(NC(=O)CSc3nc4ccccc4[nH]3)c2)cc1. The number of thioether (sulfide) groups is 1. The predicted molar refractivity (Wildman–Crippen MR) is 123 cm³/mol. The average Bonchev–Trinajstić information content (AvgIpc) is 3.21. The first-order chi connectivity index (χ1) is 15.1. The van der Waals surface area contributed by atoms with Crippen molar-refractivity contribution >= 4 is 46.0 Å². The fourth-order valence-corrected chi connectivity index (χ4v) is 3.63. The highest BCUT2D eigenvalue weighted by molar-refractivity contribution is 7.99. The maximum Gasteiger partial charge on any atom is 0.255 e. The van der Waals surface area contributed by atoms with E-state index in [4.69, 9.17) is 4.74 Å². The molecular weight excluding hydrogens is 412 g/mol. The number of carbonyl (C=O) groups excluding carboxylic acids is 2. The van der Waals surface area contributed by atoms with Gasteiger partial charge >= 0.3 is 0 Å². The molecule has 0 spiro atoms. The minimum absolute atomic E-state index is 0.182. The summed E-state index contributed by atoms with van der Waals surface area (Å²) in [5.41, 5.74) is 3.44. The molecule has 0 aliphatic rings. The molecule has 0 radical (unpaired) electrons. The number of aromatic amines is 1. The Kier molecular flexibility index (Phi) is 6.18. The fourth-order valence-electron chi connectivity index (χ4n) is 2.94. The summed E-state index contributed by atoms with van der Waals surface area (Å²) in [6, 6.07) is 21.6. The van der Waals surface area contributed by atoms with Crippen LogP contribution >= 0.6 is 11.8 Å². The van der Waals surface area contributed by atoms with Crippen molar-refractivity contribution in [3.8, 4) is 5.75 Å². The molecule has 0 fully saturated rings. The second kappa shape index (κ2) is 9.36. The number of fused-ring (bicyclic) bond motifs is 1. The topological polar surface area (TPSA) is 96.1 Å². The van der Waals surface area contributed by atoms with Gasteiger partial charge in [-0.3, -0.25) is 9.59 Å². The highest BCUT2D eigenvalue weighted by atomic mass is 32.2. The minimum Gasteiger partial charge on any atom is -0.497 e. The van der Waals surface area contributed by atoms with Crippen LogP contribution in [0.1, 0.15) is 10.4 Å². The number of methoxy groups -OCH3 is 1. The third kappa shape index (κ3) is 5.23. The van der Waals surface area contributed by atoms with Crippen molar-refractivity contribution in [3.05, 3.63) is 78.4 Å². The number of para-hydroxylation sites is 2. The Morgan fingerprint density at radius 2 is 1.77 bits per heavy atom. The minimum atomic E-state index is -0.266. The van der Waals surface area contributed by atoms with Crippen LogP contribution in [0, 0.1) is 0 Å². The maximum absolute atomic E-state index is 12.5. The Hall–Kier alpha value is -3.78. The molecule has 0 atom stereocenters. The van der Waals surface area contributed by atoms with Crippen LogP contribution in [0.2, 0.25) is 0 Å². The molecule has 4 rings (SSSR count). The van der Waals surface area contributed by atoms with Gasteiger partial charge in [-0.15, -0.1) is 0 Å².